The minimum Gasteiger partial charge on any atom is -0.480 e. The Hall–Kier alpha value is -3.35. The molecule has 5 rings (SSSR count). The molecule has 7 nitrogen and oxygen atoms in total. The van der Waals surface area contributed by atoms with Crippen LogP contribution in [0.1, 0.15) is 55.6 Å². The molecule has 3 aliphatic carbocycles. The number of carbonyl (C=O) groups excluding carboxylic acids is 2. The van der Waals surface area contributed by atoms with Gasteiger partial charge in [0.25, 0.3) is 0 Å². The predicted molar refractivity (Wildman–Crippen MR) is 122 cm³/mol. The summed E-state index contributed by atoms with van der Waals surface area (Å²) in [5.41, 5.74) is 3.98. The summed E-state index contributed by atoms with van der Waals surface area (Å²) in [6.45, 7) is -0.0678. The number of hydrogen-bond donors (Lipinski definition) is 2. The number of aliphatic carboxylic acids is 1. The zero-order valence-electron chi connectivity index (χ0n) is 18.5. The highest BCUT2D eigenvalue weighted by atomic mass is 16.5. The highest BCUT2D eigenvalue weighted by molar-refractivity contribution is 5.84. The van der Waals surface area contributed by atoms with E-state index in [9.17, 15) is 14.4 Å². The molecule has 0 saturated heterocycles. The molecule has 0 atom stereocenters. The summed E-state index contributed by atoms with van der Waals surface area (Å²) in [6, 6.07) is 16.4. The zero-order chi connectivity index (χ0) is 23.0. The molecule has 2 fully saturated rings. The van der Waals surface area contributed by atoms with Crippen LogP contribution in [0.5, 0.6) is 0 Å². The summed E-state index contributed by atoms with van der Waals surface area (Å²) in [5.74, 6) is -1.25. The number of benzene rings is 2. The fraction of sp³-hybridized carbons (Fsp3) is 0.423. The number of ether oxygens (including phenoxy) is 1. The van der Waals surface area contributed by atoms with E-state index in [2.05, 4.69) is 29.6 Å². The number of hydrogen-bond acceptors (Lipinski definition) is 4. The fourth-order valence-electron chi connectivity index (χ4n) is 5.14. The van der Waals surface area contributed by atoms with Crippen LogP contribution in [-0.2, 0) is 14.3 Å². The van der Waals surface area contributed by atoms with Crippen molar-refractivity contribution in [1.82, 2.24) is 10.2 Å². The smallest absolute Gasteiger partial charge is 0.407 e. The first-order chi connectivity index (χ1) is 16.0. The highest BCUT2D eigenvalue weighted by Gasteiger charge is 2.44. The third-order valence-corrected chi connectivity index (χ3v) is 7.12. The van der Waals surface area contributed by atoms with E-state index >= 15 is 0 Å². The lowest BCUT2D eigenvalue weighted by atomic mass is 9.74. The molecule has 7 heteroatoms. The van der Waals surface area contributed by atoms with Crippen molar-refractivity contribution in [3.8, 4) is 11.1 Å². The van der Waals surface area contributed by atoms with Crippen LogP contribution in [-0.4, -0.2) is 52.7 Å². The Bertz CT molecular complexity index is 1040. The first kappa shape index (κ1) is 21.5. The Balaban J connectivity index is 1.23. The van der Waals surface area contributed by atoms with Gasteiger partial charge in [-0.1, -0.05) is 48.5 Å². The van der Waals surface area contributed by atoms with Gasteiger partial charge in [-0.15, -0.1) is 0 Å². The largest absolute Gasteiger partial charge is 0.480 e. The van der Waals surface area contributed by atoms with Crippen molar-refractivity contribution < 1.29 is 24.2 Å². The number of carbonyl (C=O) groups is 3. The van der Waals surface area contributed by atoms with Gasteiger partial charge in [0.05, 0.1) is 12.0 Å². The summed E-state index contributed by atoms with van der Waals surface area (Å²) < 4.78 is 5.67. The van der Waals surface area contributed by atoms with E-state index in [0.29, 0.717) is 12.8 Å². The molecule has 2 N–H and O–H groups in total. The minimum atomic E-state index is -1.01. The second kappa shape index (κ2) is 8.54. The van der Waals surface area contributed by atoms with E-state index in [0.717, 1.165) is 30.4 Å². The molecular weight excluding hydrogens is 420 g/mol. The van der Waals surface area contributed by atoms with Crippen LogP contribution in [0.15, 0.2) is 48.5 Å². The normalized spacial score (nSPS) is 17.9. The van der Waals surface area contributed by atoms with Crippen LogP contribution in [0.4, 0.5) is 4.79 Å². The topological polar surface area (TPSA) is 95.9 Å². The van der Waals surface area contributed by atoms with Gasteiger partial charge in [-0.05, 0) is 54.4 Å². The summed E-state index contributed by atoms with van der Waals surface area (Å²) in [5, 5.41) is 12.1. The van der Waals surface area contributed by atoms with Crippen LogP contribution in [0.2, 0.25) is 0 Å². The Kier molecular flexibility index (Phi) is 5.56. The van der Waals surface area contributed by atoms with Gasteiger partial charge in [0.2, 0.25) is 5.91 Å². The van der Waals surface area contributed by atoms with Gasteiger partial charge in [-0.25, -0.2) is 4.79 Å². The molecule has 172 valence electrons. The van der Waals surface area contributed by atoms with Crippen molar-refractivity contribution in [2.24, 2.45) is 0 Å². The van der Waals surface area contributed by atoms with Crippen molar-refractivity contribution in [3.63, 3.8) is 0 Å². The van der Waals surface area contributed by atoms with Crippen molar-refractivity contribution in [1.29, 1.82) is 0 Å². The van der Waals surface area contributed by atoms with E-state index in [1.807, 2.05) is 24.3 Å². The predicted octanol–water partition coefficient (Wildman–Crippen LogP) is 3.91. The van der Waals surface area contributed by atoms with Crippen LogP contribution in [0, 0.1) is 0 Å². The lowest BCUT2D eigenvalue weighted by Gasteiger charge is -2.42. The quantitative estimate of drug-likeness (QED) is 0.638. The molecular formula is C26H28N2O5. The number of rotatable bonds is 8. The van der Waals surface area contributed by atoms with E-state index in [-0.39, 0.29) is 37.4 Å². The van der Waals surface area contributed by atoms with Crippen molar-refractivity contribution in [2.45, 2.75) is 56.0 Å². The summed E-state index contributed by atoms with van der Waals surface area (Å²) in [4.78, 5) is 38.2. The first-order valence-electron chi connectivity index (χ1n) is 11.6. The highest BCUT2D eigenvalue weighted by Crippen LogP contribution is 2.44. The molecule has 0 aromatic heterocycles. The molecule has 0 heterocycles. The third-order valence-electron chi connectivity index (χ3n) is 7.12. The molecule has 2 aromatic rings. The van der Waals surface area contributed by atoms with Gasteiger partial charge in [0, 0.05) is 12.0 Å². The lowest BCUT2D eigenvalue weighted by molar-refractivity contribution is -0.146. The Labute approximate surface area is 192 Å². The number of amides is 2. The number of carboxylic acid groups (broad SMARTS) is 1. The molecule has 2 saturated carbocycles. The Morgan fingerprint density at radius 2 is 1.61 bits per heavy atom. The molecule has 33 heavy (non-hydrogen) atoms. The standard InChI is InChI=1S/C26H28N2O5/c29-23(28(15-24(30)31)17-10-11-17)14-26(12-5-13-26)27-25(32)33-16-22-20-8-3-1-6-18(20)19-7-2-4-9-21(19)22/h1-4,6-9,17,22H,5,10-16H2,(H,27,32)(H,30,31). The van der Waals surface area contributed by atoms with E-state index in [1.165, 1.54) is 16.0 Å². The summed E-state index contributed by atoms with van der Waals surface area (Å²) in [7, 11) is 0. The number of nitrogens with zero attached hydrogens (tertiary/aromatic N) is 1. The zero-order valence-corrected chi connectivity index (χ0v) is 18.5. The van der Waals surface area contributed by atoms with Gasteiger partial charge in [-0.3, -0.25) is 9.59 Å². The minimum absolute atomic E-state index is 0.0141. The van der Waals surface area contributed by atoms with E-state index in [1.54, 1.807) is 0 Å². The van der Waals surface area contributed by atoms with E-state index in [4.69, 9.17) is 9.84 Å². The average Bonchev–Trinajstić information content (AvgIpc) is 3.57. The molecule has 0 aliphatic heterocycles. The Morgan fingerprint density at radius 3 is 2.12 bits per heavy atom. The number of nitrogens with one attached hydrogen (secondary N) is 1. The van der Waals surface area contributed by atoms with Gasteiger partial charge in [0.15, 0.2) is 0 Å². The molecule has 2 aromatic carbocycles. The SMILES string of the molecule is O=C(O)CN(C(=O)CC1(NC(=O)OCC2c3ccccc3-c3ccccc32)CCC1)C1CC1. The number of carboxylic acids is 1. The summed E-state index contributed by atoms with van der Waals surface area (Å²) >= 11 is 0. The maximum Gasteiger partial charge on any atom is 0.407 e. The van der Waals surface area contributed by atoms with Gasteiger partial charge < -0.3 is 20.1 Å². The van der Waals surface area contributed by atoms with Crippen molar-refractivity contribution in [2.75, 3.05) is 13.2 Å². The van der Waals surface area contributed by atoms with Crippen molar-refractivity contribution >= 4 is 18.0 Å². The molecule has 0 unspecified atom stereocenters. The molecule has 3 aliphatic rings. The lowest BCUT2D eigenvalue weighted by Crippen LogP contribution is -2.56. The second-order valence-corrected chi connectivity index (χ2v) is 9.41. The molecule has 0 bridgehead atoms. The average molecular weight is 449 g/mol. The summed E-state index contributed by atoms with van der Waals surface area (Å²) in [6.07, 6.45) is 3.56. The first-order valence-corrected chi connectivity index (χ1v) is 11.6. The van der Waals surface area contributed by atoms with Gasteiger partial charge >= 0.3 is 12.1 Å². The molecule has 2 amide bonds. The monoisotopic (exact) mass is 448 g/mol. The molecule has 0 radical (unpaired) electrons. The molecule has 0 spiro atoms. The van der Waals surface area contributed by atoms with Gasteiger partial charge in [-0.2, -0.15) is 0 Å². The van der Waals surface area contributed by atoms with Crippen LogP contribution < -0.4 is 5.32 Å². The number of fused-ring (bicyclic) bond motifs is 3. The van der Waals surface area contributed by atoms with Gasteiger partial charge in [0.1, 0.15) is 13.2 Å². The maximum absolute atomic E-state index is 12.9. The van der Waals surface area contributed by atoms with Crippen LogP contribution >= 0.6 is 0 Å². The fourth-order valence-corrected chi connectivity index (χ4v) is 5.14. The maximum atomic E-state index is 12.9. The van der Waals surface area contributed by atoms with Crippen molar-refractivity contribution in [3.05, 3.63) is 59.7 Å². The third kappa shape index (κ3) is 4.32. The van der Waals surface area contributed by atoms with Crippen LogP contribution in [0.3, 0.4) is 0 Å². The van der Waals surface area contributed by atoms with E-state index < -0.39 is 17.6 Å². The Morgan fingerprint density at radius 1 is 1.00 bits per heavy atom. The second-order valence-electron chi connectivity index (χ2n) is 9.41. The number of alkyl carbamates (subject to hydrolysis) is 1. The van der Waals surface area contributed by atoms with Crippen LogP contribution in [0.25, 0.3) is 11.1 Å².